The molecule has 4 N–H and O–H groups in total. The quantitative estimate of drug-likeness (QED) is 0.579. The van der Waals surface area contributed by atoms with Gasteiger partial charge < -0.3 is 16.4 Å². The third-order valence-corrected chi connectivity index (χ3v) is 4.52. The molecule has 0 fully saturated rings. The molecule has 0 saturated carbocycles. The molecule has 11 heteroatoms. The fraction of sp³-hybridized carbons (Fsp3) is 0.176. The number of nitrogens with zero attached hydrogens (tertiary/aromatic N) is 3. The summed E-state index contributed by atoms with van der Waals surface area (Å²) in [5, 5.41) is 5.47. The van der Waals surface area contributed by atoms with Crippen molar-refractivity contribution < 1.29 is 18.0 Å². The van der Waals surface area contributed by atoms with Crippen molar-refractivity contribution in [2.24, 2.45) is 5.73 Å². The van der Waals surface area contributed by atoms with E-state index in [-0.39, 0.29) is 16.9 Å². The Kier molecular flexibility index (Phi) is 5.85. The van der Waals surface area contributed by atoms with Gasteiger partial charge in [0.15, 0.2) is 5.13 Å². The first-order valence-electron chi connectivity index (χ1n) is 8.07. The van der Waals surface area contributed by atoms with E-state index >= 15 is 0 Å². The summed E-state index contributed by atoms with van der Waals surface area (Å²) in [4.78, 5) is 24.5. The Bertz CT molecular complexity index is 975. The van der Waals surface area contributed by atoms with E-state index in [1.165, 1.54) is 24.7 Å². The molecule has 1 amide bonds. The third-order valence-electron chi connectivity index (χ3n) is 3.56. The van der Waals surface area contributed by atoms with Crippen LogP contribution in [0, 0.1) is 0 Å². The molecule has 0 aliphatic carbocycles. The summed E-state index contributed by atoms with van der Waals surface area (Å²) in [6.45, 7) is 0.652. The van der Waals surface area contributed by atoms with Crippen LogP contribution in [-0.2, 0) is 6.18 Å². The number of nitrogens with one attached hydrogen (secondary N) is 2. The van der Waals surface area contributed by atoms with Gasteiger partial charge in [-0.25, -0.2) is 9.97 Å². The van der Waals surface area contributed by atoms with E-state index in [0.29, 0.717) is 29.1 Å². The van der Waals surface area contributed by atoms with Crippen LogP contribution in [-0.4, -0.2) is 33.9 Å². The first kappa shape index (κ1) is 19.7. The van der Waals surface area contributed by atoms with E-state index in [0.717, 1.165) is 17.4 Å². The van der Waals surface area contributed by atoms with Crippen LogP contribution in [0.5, 0.6) is 0 Å². The summed E-state index contributed by atoms with van der Waals surface area (Å²) in [7, 11) is 0. The molecular weight excluding hydrogens is 393 g/mol. The zero-order valence-corrected chi connectivity index (χ0v) is 15.1. The maximum Gasteiger partial charge on any atom is 0.419 e. The normalized spacial score (nSPS) is 11.3. The number of carbonyl (C=O) groups excluding carboxylic acids is 1. The van der Waals surface area contributed by atoms with Crippen LogP contribution in [0.2, 0.25) is 0 Å². The van der Waals surface area contributed by atoms with E-state index in [1.807, 2.05) is 0 Å². The van der Waals surface area contributed by atoms with Crippen LogP contribution in [0.3, 0.4) is 0 Å². The predicted octanol–water partition coefficient (Wildman–Crippen LogP) is 3.05. The zero-order chi connectivity index (χ0) is 20.1. The van der Waals surface area contributed by atoms with Crippen molar-refractivity contribution in [2.45, 2.75) is 6.18 Å². The van der Waals surface area contributed by atoms with E-state index in [4.69, 9.17) is 5.73 Å². The van der Waals surface area contributed by atoms with E-state index in [1.54, 1.807) is 12.3 Å². The second kappa shape index (κ2) is 8.31. The molecule has 28 heavy (non-hydrogen) atoms. The SMILES string of the molecule is NCCNC(=O)c1cncc(-c2cnc(Nc3ncccc3C(F)(F)F)s2)c1. The molecule has 3 aromatic rings. The van der Waals surface area contributed by atoms with Gasteiger partial charge in [-0.15, -0.1) is 0 Å². The van der Waals surface area contributed by atoms with Gasteiger partial charge in [0.2, 0.25) is 0 Å². The second-order valence-corrected chi connectivity index (χ2v) is 6.59. The summed E-state index contributed by atoms with van der Waals surface area (Å²) in [6, 6.07) is 3.78. The summed E-state index contributed by atoms with van der Waals surface area (Å²) >= 11 is 1.12. The number of rotatable bonds is 6. The molecule has 0 unspecified atom stereocenters. The van der Waals surface area contributed by atoms with Gasteiger partial charge in [-0.3, -0.25) is 9.78 Å². The number of thiazole rings is 1. The largest absolute Gasteiger partial charge is 0.419 e. The molecule has 0 atom stereocenters. The molecule has 7 nitrogen and oxygen atoms in total. The molecule has 3 rings (SSSR count). The van der Waals surface area contributed by atoms with Gasteiger partial charge in [0, 0.05) is 43.4 Å². The lowest BCUT2D eigenvalue weighted by Gasteiger charge is -2.11. The van der Waals surface area contributed by atoms with Gasteiger partial charge in [-0.05, 0) is 18.2 Å². The Hall–Kier alpha value is -3.05. The number of halogens is 3. The van der Waals surface area contributed by atoms with E-state index < -0.39 is 11.7 Å². The second-order valence-electron chi connectivity index (χ2n) is 5.56. The highest BCUT2D eigenvalue weighted by Gasteiger charge is 2.34. The van der Waals surface area contributed by atoms with Crippen molar-refractivity contribution in [3.63, 3.8) is 0 Å². The number of aromatic nitrogens is 3. The number of pyridine rings is 2. The minimum atomic E-state index is -4.54. The fourth-order valence-corrected chi connectivity index (χ4v) is 3.08. The third kappa shape index (κ3) is 4.61. The maximum atomic E-state index is 13.1. The van der Waals surface area contributed by atoms with Crippen molar-refractivity contribution in [2.75, 3.05) is 18.4 Å². The lowest BCUT2D eigenvalue weighted by atomic mass is 10.2. The summed E-state index contributed by atoms with van der Waals surface area (Å²) in [5.41, 5.74) is 5.44. The van der Waals surface area contributed by atoms with Crippen LogP contribution in [0.15, 0.2) is 43.0 Å². The average Bonchev–Trinajstić information content (AvgIpc) is 3.14. The number of alkyl halides is 3. The molecule has 0 radical (unpaired) electrons. The molecule has 0 saturated heterocycles. The Balaban J connectivity index is 1.81. The molecule has 3 heterocycles. The standard InChI is InChI=1S/C17H15F3N6OS/c18-17(19,20)12-2-1-4-23-14(12)26-16-25-9-13(28-16)10-6-11(8-22-7-10)15(27)24-5-3-21/h1-2,4,6-9H,3,5,21H2,(H,24,27)(H,23,25,26). The summed E-state index contributed by atoms with van der Waals surface area (Å²) in [6.07, 6.45) is 1.17. The average molecular weight is 408 g/mol. The molecule has 3 aromatic heterocycles. The maximum absolute atomic E-state index is 13.1. The lowest BCUT2D eigenvalue weighted by molar-refractivity contribution is -0.137. The lowest BCUT2D eigenvalue weighted by Crippen LogP contribution is -2.29. The van der Waals surface area contributed by atoms with Gasteiger partial charge in [0.05, 0.1) is 16.0 Å². The van der Waals surface area contributed by atoms with Crippen LogP contribution in [0.1, 0.15) is 15.9 Å². The van der Waals surface area contributed by atoms with Gasteiger partial charge in [0.1, 0.15) is 5.82 Å². The topological polar surface area (TPSA) is 106 Å². The minimum absolute atomic E-state index is 0.234. The first-order valence-corrected chi connectivity index (χ1v) is 8.89. The molecule has 0 spiro atoms. The van der Waals surface area contributed by atoms with Crippen molar-refractivity contribution in [3.05, 3.63) is 54.1 Å². The number of anilines is 2. The predicted molar refractivity (Wildman–Crippen MR) is 99.3 cm³/mol. The Morgan fingerprint density at radius 3 is 2.79 bits per heavy atom. The molecular formula is C17H15F3N6OS. The van der Waals surface area contributed by atoms with Gasteiger partial charge in [-0.1, -0.05) is 11.3 Å². The Morgan fingerprint density at radius 2 is 2.04 bits per heavy atom. The van der Waals surface area contributed by atoms with Crippen LogP contribution < -0.4 is 16.4 Å². The molecule has 0 aliphatic heterocycles. The van der Waals surface area contributed by atoms with E-state index in [9.17, 15) is 18.0 Å². The fourth-order valence-electron chi connectivity index (χ4n) is 2.29. The molecule has 0 bridgehead atoms. The highest BCUT2D eigenvalue weighted by atomic mass is 32.1. The molecule has 146 valence electrons. The van der Waals surface area contributed by atoms with Gasteiger partial charge in [-0.2, -0.15) is 13.2 Å². The van der Waals surface area contributed by atoms with E-state index in [2.05, 4.69) is 25.6 Å². The Labute approximate surface area is 161 Å². The van der Waals surface area contributed by atoms with Gasteiger partial charge in [0.25, 0.3) is 5.91 Å². The number of hydrogen-bond acceptors (Lipinski definition) is 7. The van der Waals surface area contributed by atoms with Crippen LogP contribution in [0.25, 0.3) is 10.4 Å². The smallest absolute Gasteiger partial charge is 0.351 e. The number of nitrogens with two attached hydrogens (primary N) is 1. The Morgan fingerprint density at radius 1 is 1.21 bits per heavy atom. The van der Waals surface area contributed by atoms with Gasteiger partial charge >= 0.3 is 6.18 Å². The van der Waals surface area contributed by atoms with Crippen molar-refractivity contribution in [1.29, 1.82) is 0 Å². The number of hydrogen-bond donors (Lipinski definition) is 3. The number of carbonyl (C=O) groups is 1. The first-order chi connectivity index (χ1) is 13.4. The van der Waals surface area contributed by atoms with Crippen molar-refractivity contribution >= 4 is 28.2 Å². The molecule has 0 aliphatic rings. The summed E-state index contributed by atoms with van der Waals surface area (Å²) in [5.74, 6) is -0.644. The monoisotopic (exact) mass is 408 g/mol. The van der Waals surface area contributed by atoms with Crippen LogP contribution >= 0.6 is 11.3 Å². The number of amides is 1. The molecule has 0 aromatic carbocycles. The highest BCUT2D eigenvalue weighted by Crippen LogP contribution is 2.36. The van der Waals surface area contributed by atoms with Crippen molar-refractivity contribution in [3.8, 4) is 10.4 Å². The zero-order valence-electron chi connectivity index (χ0n) is 14.3. The summed E-state index contributed by atoms with van der Waals surface area (Å²) < 4.78 is 39.2. The minimum Gasteiger partial charge on any atom is -0.351 e. The van der Waals surface area contributed by atoms with Crippen LogP contribution in [0.4, 0.5) is 24.1 Å². The van der Waals surface area contributed by atoms with Crippen molar-refractivity contribution in [1.82, 2.24) is 20.3 Å². The highest BCUT2D eigenvalue weighted by molar-refractivity contribution is 7.18.